The van der Waals surface area contributed by atoms with E-state index in [0.29, 0.717) is 13.1 Å². The number of nitrogens with zero attached hydrogens (tertiary/aromatic N) is 1. The molecular weight excluding hydrogens is 343 g/mol. The van der Waals surface area contributed by atoms with E-state index in [0.717, 1.165) is 5.56 Å². The first kappa shape index (κ1) is 20.7. The van der Waals surface area contributed by atoms with E-state index in [1.54, 1.807) is 11.9 Å². The molecule has 0 spiro atoms. The molecule has 0 bridgehead atoms. The molecule has 0 radical (unpaired) electrons. The highest BCUT2D eigenvalue weighted by Crippen LogP contribution is 2.46. The molecule has 1 atom stereocenters. The second-order valence-electron chi connectivity index (χ2n) is 5.89. The fourth-order valence-corrected chi connectivity index (χ4v) is 2.88. The van der Waals surface area contributed by atoms with Crippen LogP contribution in [0.4, 0.5) is 13.2 Å². The first-order valence-electron chi connectivity index (χ1n) is 7.65. The number of likely N-dealkylation sites (N-methyl/N-ethyl adjacent to an activating group) is 1. The molecule has 1 aromatic carbocycles. The predicted octanol–water partition coefficient (Wildman–Crippen LogP) is 2.20. The van der Waals surface area contributed by atoms with Crippen LogP contribution in [0, 0.1) is 5.41 Å². The van der Waals surface area contributed by atoms with Crippen LogP contribution < -0.4 is 10.6 Å². The van der Waals surface area contributed by atoms with Gasteiger partial charge >= 0.3 is 6.18 Å². The van der Waals surface area contributed by atoms with Crippen LogP contribution in [0.5, 0.6) is 0 Å². The van der Waals surface area contributed by atoms with Crippen LogP contribution in [0.25, 0.3) is 0 Å². The van der Waals surface area contributed by atoms with Crippen molar-refractivity contribution in [3.05, 3.63) is 35.9 Å². The van der Waals surface area contributed by atoms with Crippen molar-refractivity contribution in [2.75, 3.05) is 33.2 Å². The smallest absolute Gasteiger partial charge is 0.354 e. The third kappa shape index (κ3) is 4.62. The van der Waals surface area contributed by atoms with E-state index in [-0.39, 0.29) is 38.5 Å². The van der Waals surface area contributed by atoms with Gasteiger partial charge in [-0.3, -0.25) is 9.69 Å². The van der Waals surface area contributed by atoms with E-state index in [1.165, 1.54) is 0 Å². The lowest BCUT2D eigenvalue weighted by atomic mass is 9.85. The SMILES string of the molecule is CNCCNC(=O)C1(C(F)(F)F)CCN(Cc2ccccc2)C1.Cl. The average molecular weight is 366 g/mol. The van der Waals surface area contributed by atoms with Crippen molar-refractivity contribution >= 4 is 18.3 Å². The molecule has 8 heteroatoms. The Morgan fingerprint density at radius 1 is 1.25 bits per heavy atom. The predicted molar refractivity (Wildman–Crippen MR) is 89.0 cm³/mol. The molecule has 1 unspecified atom stereocenters. The summed E-state index contributed by atoms with van der Waals surface area (Å²) in [6, 6.07) is 9.32. The molecule has 2 rings (SSSR count). The summed E-state index contributed by atoms with van der Waals surface area (Å²) in [7, 11) is 1.68. The second-order valence-corrected chi connectivity index (χ2v) is 5.89. The molecule has 1 aliphatic rings. The van der Waals surface area contributed by atoms with Gasteiger partial charge in [0.2, 0.25) is 5.91 Å². The molecule has 1 saturated heterocycles. The third-order valence-electron chi connectivity index (χ3n) is 4.24. The normalized spacial score (nSPS) is 21.3. The van der Waals surface area contributed by atoms with Crippen LogP contribution >= 0.6 is 12.4 Å². The van der Waals surface area contributed by atoms with Crippen LogP contribution in [0.2, 0.25) is 0 Å². The van der Waals surface area contributed by atoms with Crippen LogP contribution in [0.1, 0.15) is 12.0 Å². The Morgan fingerprint density at radius 2 is 1.92 bits per heavy atom. The van der Waals surface area contributed by atoms with Gasteiger partial charge in [-0.2, -0.15) is 13.2 Å². The summed E-state index contributed by atoms with van der Waals surface area (Å²) in [5.41, 5.74) is -1.36. The third-order valence-corrected chi connectivity index (χ3v) is 4.24. The number of carbonyl (C=O) groups excluding carboxylic acids is 1. The van der Waals surface area contributed by atoms with Gasteiger partial charge in [0.15, 0.2) is 5.41 Å². The molecule has 0 aromatic heterocycles. The Labute approximate surface area is 146 Å². The Kier molecular flexibility index (Phi) is 7.51. The van der Waals surface area contributed by atoms with Gasteiger partial charge in [-0.05, 0) is 25.6 Å². The summed E-state index contributed by atoms with van der Waals surface area (Å²) < 4.78 is 40.8. The zero-order chi connectivity index (χ0) is 16.9. The maximum absolute atomic E-state index is 13.6. The highest BCUT2D eigenvalue weighted by Gasteiger charge is 2.62. The van der Waals surface area contributed by atoms with E-state index >= 15 is 0 Å². The molecule has 1 aliphatic heterocycles. The number of carbonyl (C=O) groups is 1. The summed E-state index contributed by atoms with van der Waals surface area (Å²) in [5, 5.41) is 5.21. The Bertz CT molecular complexity index is 527. The first-order valence-corrected chi connectivity index (χ1v) is 7.65. The van der Waals surface area contributed by atoms with E-state index in [4.69, 9.17) is 0 Å². The summed E-state index contributed by atoms with van der Waals surface area (Å²) in [4.78, 5) is 13.9. The molecule has 1 aromatic rings. The van der Waals surface area contributed by atoms with Gasteiger partial charge in [-0.1, -0.05) is 30.3 Å². The lowest BCUT2D eigenvalue weighted by Gasteiger charge is -2.30. The molecule has 1 amide bonds. The number of amides is 1. The van der Waals surface area contributed by atoms with Crippen LogP contribution in [-0.4, -0.2) is 50.2 Å². The highest BCUT2D eigenvalue weighted by molar-refractivity contribution is 5.85. The standard InChI is InChI=1S/C16H22F3N3O.ClH/c1-20-8-9-21-14(23)15(16(17,18)19)7-10-22(12-15)11-13-5-3-2-4-6-13;/h2-6,20H,7-12H2,1H3,(H,21,23);1H. The van der Waals surface area contributed by atoms with E-state index in [9.17, 15) is 18.0 Å². The number of likely N-dealkylation sites (tertiary alicyclic amines) is 1. The zero-order valence-electron chi connectivity index (χ0n) is 13.5. The van der Waals surface area contributed by atoms with Gasteiger partial charge in [0.1, 0.15) is 0 Å². The quantitative estimate of drug-likeness (QED) is 0.760. The number of halogens is 4. The lowest BCUT2D eigenvalue weighted by molar-refractivity contribution is -0.218. The Hall–Kier alpha value is -1.31. The zero-order valence-corrected chi connectivity index (χ0v) is 14.3. The van der Waals surface area contributed by atoms with Gasteiger partial charge in [-0.25, -0.2) is 0 Å². The van der Waals surface area contributed by atoms with E-state index < -0.39 is 17.5 Å². The number of alkyl halides is 3. The Balaban J connectivity index is 0.00000288. The maximum atomic E-state index is 13.6. The molecule has 1 heterocycles. The van der Waals surface area contributed by atoms with Gasteiger partial charge in [0.05, 0.1) is 0 Å². The van der Waals surface area contributed by atoms with Gasteiger partial charge in [0, 0.05) is 26.2 Å². The number of benzene rings is 1. The molecule has 0 saturated carbocycles. The fourth-order valence-electron chi connectivity index (χ4n) is 2.88. The molecule has 24 heavy (non-hydrogen) atoms. The highest BCUT2D eigenvalue weighted by atomic mass is 35.5. The van der Waals surface area contributed by atoms with E-state index in [1.807, 2.05) is 30.3 Å². The van der Waals surface area contributed by atoms with Crippen LogP contribution in [0.3, 0.4) is 0 Å². The second kappa shape index (κ2) is 8.69. The minimum atomic E-state index is -4.55. The molecule has 1 fully saturated rings. The number of rotatable bonds is 6. The monoisotopic (exact) mass is 365 g/mol. The summed E-state index contributed by atoms with van der Waals surface area (Å²) >= 11 is 0. The van der Waals surface area contributed by atoms with Gasteiger partial charge in [0.25, 0.3) is 0 Å². The van der Waals surface area contributed by atoms with Crippen molar-refractivity contribution in [2.24, 2.45) is 5.41 Å². The van der Waals surface area contributed by atoms with Gasteiger partial charge in [-0.15, -0.1) is 12.4 Å². The largest absolute Gasteiger partial charge is 0.404 e. The van der Waals surface area contributed by atoms with Crippen molar-refractivity contribution in [1.82, 2.24) is 15.5 Å². The summed E-state index contributed by atoms with van der Waals surface area (Å²) in [5.74, 6) is -0.921. The van der Waals surface area contributed by atoms with Crippen molar-refractivity contribution in [3.63, 3.8) is 0 Å². The van der Waals surface area contributed by atoms with Crippen molar-refractivity contribution in [1.29, 1.82) is 0 Å². The lowest BCUT2D eigenvalue weighted by Crippen LogP contribution is -2.53. The average Bonchev–Trinajstić information content (AvgIpc) is 2.93. The molecule has 136 valence electrons. The molecular formula is C16H23ClF3N3O. The molecule has 0 aliphatic carbocycles. The van der Waals surface area contributed by atoms with E-state index in [2.05, 4.69) is 10.6 Å². The van der Waals surface area contributed by atoms with Crippen molar-refractivity contribution in [3.8, 4) is 0 Å². The summed E-state index contributed by atoms with van der Waals surface area (Å²) in [6.07, 6.45) is -4.75. The fraction of sp³-hybridized carbons (Fsp3) is 0.562. The number of nitrogens with one attached hydrogen (secondary N) is 2. The topological polar surface area (TPSA) is 44.4 Å². The first-order chi connectivity index (χ1) is 10.9. The number of hydrogen-bond donors (Lipinski definition) is 2. The summed E-state index contributed by atoms with van der Waals surface area (Å²) in [6.45, 7) is 1.01. The Morgan fingerprint density at radius 3 is 2.50 bits per heavy atom. The van der Waals surface area contributed by atoms with Crippen LogP contribution in [0.15, 0.2) is 30.3 Å². The minimum Gasteiger partial charge on any atom is -0.354 e. The molecule has 4 nitrogen and oxygen atoms in total. The minimum absolute atomic E-state index is 0. The van der Waals surface area contributed by atoms with Gasteiger partial charge < -0.3 is 10.6 Å². The van der Waals surface area contributed by atoms with Crippen LogP contribution in [-0.2, 0) is 11.3 Å². The molecule has 2 N–H and O–H groups in total. The van der Waals surface area contributed by atoms with Crippen molar-refractivity contribution in [2.45, 2.75) is 19.1 Å². The number of hydrogen-bond acceptors (Lipinski definition) is 3. The van der Waals surface area contributed by atoms with Crippen molar-refractivity contribution < 1.29 is 18.0 Å². The maximum Gasteiger partial charge on any atom is 0.404 e.